The van der Waals surface area contributed by atoms with Gasteiger partial charge >= 0.3 is 0 Å². The van der Waals surface area contributed by atoms with Gasteiger partial charge in [0.25, 0.3) is 0 Å². The van der Waals surface area contributed by atoms with E-state index in [1.807, 2.05) is 49.5 Å². The predicted molar refractivity (Wildman–Crippen MR) is 124 cm³/mol. The minimum atomic E-state index is -0.270. The minimum absolute atomic E-state index is 0.270. The van der Waals surface area contributed by atoms with Crippen LogP contribution < -0.4 is 5.32 Å². The zero-order chi connectivity index (χ0) is 21.9. The van der Waals surface area contributed by atoms with E-state index in [0.717, 1.165) is 50.4 Å². The van der Waals surface area contributed by atoms with Crippen LogP contribution in [0.3, 0.4) is 0 Å². The summed E-state index contributed by atoms with van der Waals surface area (Å²) in [6.07, 6.45) is 7.22. The molecule has 0 aliphatic carbocycles. The summed E-state index contributed by atoms with van der Waals surface area (Å²) in [6.45, 7) is 2.53. The fourth-order valence-electron chi connectivity index (χ4n) is 3.61. The largest absolute Gasteiger partial charge is 0.365 e. The van der Waals surface area contributed by atoms with Crippen molar-refractivity contribution >= 4 is 16.6 Å². The fraction of sp³-hybridized carbons (Fsp3) is 0.0769. The number of rotatable bonds is 5. The summed E-state index contributed by atoms with van der Waals surface area (Å²) >= 11 is 0. The molecule has 4 aromatic heterocycles. The normalized spacial score (nSPS) is 10.9. The molecule has 0 unspecified atom stereocenters. The number of benzene rings is 1. The Bertz CT molecular complexity index is 1400. The van der Waals surface area contributed by atoms with E-state index in [9.17, 15) is 4.39 Å². The molecule has 0 spiro atoms. The molecule has 0 aliphatic heterocycles. The molecule has 156 valence electrons. The van der Waals surface area contributed by atoms with Gasteiger partial charge in [0, 0.05) is 53.5 Å². The predicted octanol–water partition coefficient (Wildman–Crippen LogP) is 5.81. The van der Waals surface area contributed by atoms with E-state index < -0.39 is 0 Å². The smallest absolute Gasteiger partial charge is 0.135 e. The van der Waals surface area contributed by atoms with Crippen molar-refractivity contribution in [2.24, 2.45) is 0 Å². The summed E-state index contributed by atoms with van der Waals surface area (Å²) in [7, 11) is 0. The molecule has 5 aromatic rings. The molecule has 32 heavy (non-hydrogen) atoms. The van der Waals surface area contributed by atoms with Crippen LogP contribution in [0, 0.1) is 12.7 Å². The topological polar surface area (TPSA) is 63.6 Å². The lowest BCUT2D eigenvalue weighted by atomic mass is 10.1. The Morgan fingerprint density at radius 3 is 2.44 bits per heavy atom. The van der Waals surface area contributed by atoms with Gasteiger partial charge in [-0.15, -0.1) is 0 Å². The van der Waals surface area contributed by atoms with Gasteiger partial charge in [0.2, 0.25) is 0 Å². The molecule has 0 fully saturated rings. The van der Waals surface area contributed by atoms with Crippen LogP contribution >= 0.6 is 0 Å². The van der Waals surface area contributed by atoms with Crippen molar-refractivity contribution in [3.05, 3.63) is 103 Å². The van der Waals surface area contributed by atoms with E-state index in [2.05, 4.69) is 31.3 Å². The van der Waals surface area contributed by atoms with Gasteiger partial charge in [0.1, 0.15) is 11.6 Å². The Labute approximate surface area is 185 Å². The summed E-state index contributed by atoms with van der Waals surface area (Å²) in [4.78, 5) is 17.8. The van der Waals surface area contributed by atoms with Gasteiger partial charge in [-0.2, -0.15) is 0 Å². The maximum absolute atomic E-state index is 13.5. The quantitative estimate of drug-likeness (QED) is 0.388. The highest BCUT2D eigenvalue weighted by molar-refractivity contribution is 5.93. The van der Waals surface area contributed by atoms with E-state index in [1.54, 1.807) is 24.7 Å². The van der Waals surface area contributed by atoms with Crippen LogP contribution in [0.4, 0.5) is 10.2 Å². The molecule has 1 N–H and O–H groups in total. The second-order valence-corrected chi connectivity index (χ2v) is 7.55. The van der Waals surface area contributed by atoms with Crippen LogP contribution in [0.5, 0.6) is 0 Å². The first-order valence-corrected chi connectivity index (χ1v) is 10.3. The van der Waals surface area contributed by atoms with Crippen LogP contribution in [-0.4, -0.2) is 19.9 Å². The number of nitrogens with zero attached hydrogens (tertiary/aromatic N) is 4. The van der Waals surface area contributed by atoms with Crippen molar-refractivity contribution in [2.45, 2.75) is 13.5 Å². The molecule has 0 amide bonds. The lowest BCUT2D eigenvalue weighted by Crippen LogP contribution is -2.03. The zero-order valence-electron chi connectivity index (χ0n) is 17.5. The molecule has 0 bridgehead atoms. The monoisotopic (exact) mass is 421 g/mol. The van der Waals surface area contributed by atoms with Crippen molar-refractivity contribution in [3.63, 3.8) is 0 Å². The third-order valence-corrected chi connectivity index (χ3v) is 5.25. The molecule has 5 nitrogen and oxygen atoms in total. The number of pyridine rings is 4. The Morgan fingerprint density at radius 2 is 1.62 bits per heavy atom. The summed E-state index contributed by atoms with van der Waals surface area (Å²) < 4.78 is 13.5. The van der Waals surface area contributed by atoms with Gasteiger partial charge in [0.05, 0.1) is 11.4 Å². The molecule has 0 saturated carbocycles. The highest BCUT2D eigenvalue weighted by Crippen LogP contribution is 2.26. The summed E-state index contributed by atoms with van der Waals surface area (Å²) in [5.41, 5.74) is 5.39. The lowest BCUT2D eigenvalue weighted by Gasteiger charge is -2.10. The number of hydrogen-bond donors (Lipinski definition) is 1. The average Bonchev–Trinajstić information content (AvgIpc) is 2.82. The van der Waals surface area contributed by atoms with Crippen molar-refractivity contribution in [3.8, 4) is 22.5 Å². The van der Waals surface area contributed by atoms with Crippen LogP contribution in [0.2, 0.25) is 0 Å². The lowest BCUT2D eigenvalue weighted by molar-refractivity contribution is 0.628. The molecular formula is C26H20FN5. The Morgan fingerprint density at radius 1 is 0.781 bits per heavy atom. The third kappa shape index (κ3) is 4.16. The van der Waals surface area contributed by atoms with Crippen molar-refractivity contribution in [1.82, 2.24) is 19.9 Å². The first kappa shape index (κ1) is 19.8. The first-order chi connectivity index (χ1) is 15.7. The maximum atomic E-state index is 13.5. The molecule has 0 aliphatic rings. The fourth-order valence-corrected chi connectivity index (χ4v) is 3.61. The molecule has 1 aromatic carbocycles. The Hall–Kier alpha value is -4.19. The van der Waals surface area contributed by atoms with Gasteiger partial charge in [-0.25, -0.2) is 9.37 Å². The highest BCUT2D eigenvalue weighted by atomic mass is 19.1. The number of halogens is 1. The highest BCUT2D eigenvalue weighted by Gasteiger charge is 2.07. The molecule has 0 saturated heterocycles. The van der Waals surface area contributed by atoms with Crippen LogP contribution in [-0.2, 0) is 6.54 Å². The van der Waals surface area contributed by atoms with Gasteiger partial charge in [-0.1, -0.05) is 18.2 Å². The third-order valence-electron chi connectivity index (χ3n) is 5.25. The second kappa shape index (κ2) is 8.51. The van der Waals surface area contributed by atoms with Crippen LogP contribution in [0.15, 0.2) is 85.5 Å². The molecule has 4 heterocycles. The Kier molecular flexibility index (Phi) is 5.25. The van der Waals surface area contributed by atoms with Crippen molar-refractivity contribution in [2.75, 3.05) is 5.32 Å². The molecule has 0 radical (unpaired) electrons. The molecule has 6 heteroatoms. The number of fused-ring (bicyclic) bond motifs is 1. The summed E-state index contributed by atoms with van der Waals surface area (Å²) in [5, 5.41) is 5.39. The SMILES string of the molecule is Cc1cc(-c2cc3ccnc(NCc4ccc(-c5cccc(F)c5)nc4)c3cn2)ccn1. The van der Waals surface area contributed by atoms with Gasteiger partial charge in [0.15, 0.2) is 0 Å². The summed E-state index contributed by atoms with van der Waals surface area (Å²) in [5.74, 6) is 0.495. The minimum Gasteiger partial charge on any atom is -0.365 e. The van der Waals surface area contributed by atoms with E-state index in [1.165, 1.54) is 12.1 Å². The van der Waals surface area contributed by atoms with Crippen LogP contribution in [0.25, 0.3) is 33.3 Å². The van der Waals surface area contributed by atoms with Crippen molar-refractivity contribution in [1.29, 1.82) is 0 Å². The number of aryl methyl sites for hydroxylation is 1. The number of aromatic nitrogens is 4. The number of hydrogen-bond acceptors (Lipinski definition) is 5. The van der Waals surface area contributed by atoms with E-state index >= 15 is 0 Å². The molecule has 5 rings (SSSR count). The second-order valence-electron chi connectivity index (χ2n) is 7.55. The maximum Gasteiger partial charge on any atom is 0.135 e. The average molecular weight is 421 g/mol. The van der Waals surface area contributed by atoms with Gasteiger partial charge < -0.3 is 5.32 Å². The van der Waals surface area contributed by atoms with Crippen molar-refractivity contribution < 1.29 is 4.39 Å². The number of anilines is 1. The molecule has 0 atom stereocenters. The standard InChI is InChI=1S/C26H20FN5/c1-17-11-21(8-9-28-17)25-13-19-7-10-29-26(23(19)16-31-25)32-15-18-5-6-24(30-14-18)20-3-2-4-22(27)12-20/h2-14,16H,15H2,1H3,(H,29,32). The first-order valence-electron chi connectivity index (χ1n) is 10.3. The molecular weight excluding hydrogens is 401 g/mol. The van der Waals surface area contributed by atoms with Gasteiger partial charge in [-0.05, 0) is 60.3 Å². The van der Waals surface area contributed by atoms with E-state index in [0.29, 0.717) is 6.54 Å². The summed E-state index contributed by atoms with van der Waals surface area (Å²) in [6, 6.07) is 18.3. The zero-order valence-corrected chi connectivity index (χ0v) is 17.5. The van der Waals surface area contributed by atoms with Gasteiger partial charge in [-0.3, -0.25) is 15.0 Å². The van der Waals surface area contributed by atoms with E-state index in [-0.39, 0.29) is 5.82 Å². The number of nitrogens with one attached hydrogen (secondary N) is 1. The van der Waals surface area contributed by atoms with E-state index in [4.69, 9.17) is 0 Å². The van der Waals surface area contributed by atoms with Crippen LogP contribution in [0.1, 0.15) is 11.3 Å². The Balaban J connectivity index is 1.35.